The number of aliphatic hydroxyl groups excluding tert-OH is 7. The van der Waals surface area contributed by atoms with Crippen LogP contribution in [0.5, 0.6) is 0 Å². The molecule has 5 saturated carbocycles. The van der Waals surface area contributed by atoms with Crippen molar-refractivity contribution in [1.29, 1.82) is 0 Å². The molecule has 0 aromatic carbocycles. The van der Waals surface area contributed by atoms with E-state index in [-0.39, 0.29) is 56.7 Å². The highest BCUT2D eigenvalue weighted by Gasteiger charge is 2.80. The van der Waals surface area contributed by atoms with E-state index in [1.54, 1.807) is 0 Å². The first kappa shape index (κ1) is 40.0. The second kappa shape index (κ2) is 13.1. The summed E-state index contributed by atoms with van der Waals surface area (Å²) in [5.41, 5.74) is -1.68. The van der Waals surface area contributed by atoms with Crippen LogP contribution in [0.4, 0.5) is 0 Å². The van der Waals surface area contributed by atoms with Gasteiger partial charge in [0.05, 0.1) is 37.6 Å². The predicted molar refractivity (Wildman–Crippen MR) is 191 cm³/mol. The van der Waals surface area contributed by atoms with Crippen molar-refractivity contribution < 1.29 is 64.2 Å². The molecule has 8 fully saturated rings. The Morgan fingerprint density at radius 3 is 2.13 bits per heavy atom. The van der Waals surface area contributed by atoms with Gasteiger partial charge in [-0.15, -0.1) is 0 Å². The molecule has 308 valence electrons. The van der Waals surface area contributed by atoms with Crippen molar-refractivity contribution in [2.24, 2.45) is 50.2 Å². The number of hydrogen-bond donors (Lipinski definition) is 7. The smallest absolute Gasteiger partial charge is 0.187 e. The van der Waals surface area contributed by atoms with E-state index in [0.717, 1.165) is 70.5 Å². The number of carbonyl (C=O) groups is 1. The molecule has 0 amide bonds. The highest BCUT2D eigenvalue weighted by molar-refractivity contribution is 5.59. The highest BCUT2D eigenvalue weighted by Crippen LogP contribution is 2.80. The summed E-state index contributed by atoms with van der Waals surface area (Å²) < 4.78 is 30.9. The summed E-state index contributed by atoms with van der Waals surface area (Å²) in [6.07, 6.45) is -3.50. The molecular formula is C41H66O13. The third-order valence-electron chi connectivity index (χ3n) is 18.1. The molecule has 0 radical (unpaired) electrons. The van der Waals surface area contributed by atoms with Gasteiger partial charge in [-0.05, 0) is 98.2 Å². The minimum absolute atomic E-state index is 0.0150. The van der Waals surface area contributed by atoms with Gasteiger partial charge < -0.3 is 64.2 Å². The quantitative estimate of drug-likeness (QED) is 0.153. The summed E-state index contributed by atoms with van der Waals surface area (Å²) in [5.74, 6) is 0.854. The number of ether oxygens (including phenoxy) is 5. The summed E-state index contributed by atoms with van der Waals surface area (Å²) in [6.45, 7) is 13.8. The van der Waals surface area contributed by atoms with Crippen molar-refractivity contribution in [3.63, 3.8) is 0 Å². The maximum Gasteiger partial charge on any atom is 0.187 e. The first-order valence-electron chi connectivity index (χ1n) is 20.7. The summed E-state index contributed by atoms with van der Waals surface area (Å²) in [6, 6.07) is 0. The van der Waals surface area contributed by atoms with E-state index in [4.69, 9.17) is 23.7 Å². The molecule has 3 heterocycles. The lowest BCUT2D eigenvalue weighted by atomic mass is 9.30. The molecule has 2 bridgehead atoms. The van der Waals surface area contributed by atoms with Gasteiger partial charge in [0.15, 0.2) is 12.6 Å². The summed E-state index contributed by atoms with van der Waals surface area (Å²) in [5, 5.41) is 74.7. The number of aldehydes is 1. The van der Waals surface area contributed by atoms with Crippen LogP contribution in [0, 0.1) is 50.2 Å². The molecule has 0 aromatic rings. The third-order valence-corrected chi connectivity index (χ3v) is 18.1. The molecule has 5 aliphatic carbocycles. The standard InChI is InChI=1S/C41H66O13/c1-35(2)23-7-11-38(5)24(8-12-41-25-15-36(3,19-43)13-14-40(25,20-51-41)26(44)16-39(38,41)6)37(23,4)10-9-27(35)54-33-31(48)29(46)22(18-50-33)53-34-32(49)30(47)28(45)21(17-42)52-34/h19,21-34,42,44-49H,7-18,20H2,1-6H3/t21-,22+,23+,24-,25-,26-,27+,28-,29+,30+,31-,32-,33+,34+,36+,37+,38-,39+,40-,41+/m1/s1. The first-order valence-corrected chi connectivity index (χ1v) is 20.7. The van der Waals surface area contributed by atoms with E-state index in [0.29, 0.717) is 18.4 Å². The minimum Gasteiger partial charge on any atom is -0.394 e. The van der Waals surface area contributed by atoms with Crippen molar-refractivity contribution in [2.45, 2.75) is 179 Å². The molecule has 13 heteroatoms. The van der Waals surface area contributed by atoms with Crippen molar-refractivity contribution >= 4 is 6.29 Å². The fraction of sp³-hybridized carbons (Fsp3) is 0.976. The van der Waals surface area contributed by atoms with Gasteiger partial charge in [-0.2, -0.15) is 0 Å². The molecule has 3 saturated heterocycles. The maximum absolute atomic E-state index is 12.4. The molecule has 8 rings (SSSR count). The van der Waals surface area contributed by atoms with Crippen LogP contribution in [0.25, 0.3) is 0 Å². The lowest BCUT2D eigenvalue weighted by Gasteiger charge is -2.75. The molecule has 3 aliphatic heterocycles. The summed E-state index contributed by atoms with van der Waals surface area (Å²) in [4.78, 5) is 12.4. The average molecular weight is 767 g/mol. The maximum atomic E-state index is 12.4. The van der Waals surface area contributed by atoms with Gasteiger partial charge in [-0.3, -0.25) is 0 Å². The Morgan fingerprint density at radius 1 is 0.722 bits per heavy atom. The van der Waals surface area contributed by atoms with Crippen LogP contribution in [0.3, 0.4) is 0 Å². The van der Waals surface area contributed by atoms with Crippen LogP contribution in [0.2, 0.25) is 0 Å². The second-order valence-electron chi connectivity index (χ2n) is 20.6. The van der Waals surface area contributed by atoms with Crippen LogP contribution < -0.4 is 0 Å². The predicted octanol–water partition coefficient (Wildman–Crippen LogP) is 1.82. The first-order chi connectivity index (χ1) is 25.3. The number of carbonyl (C=O) groups excluding carboxylic acids is 1. The van der Waals surface area contributed by atoms with E-state index in [1.165, 1.54) is 0 Å². The Bertz CT molecular complexity index is 1440. The molecule has 8 aliphatic rings. The van der Waals surface area contributed by atoms with Crippen molar-refractivity contribution in [1.82, 2.24) is 0 Å². The lowest BCUT2D eigenvalue weighted by molar-refractivity contribution is -0.353. The zero-order valence-corrected chi connectivity index (χ0v) is 32.9. The van der Waals surface area contributed by atoms with E-state index in [9.17, 15) is 40.5 Å². The highest BCUT2D eigenvalue weighted by atomic mass is 16.7. The monoisotopic (exact) mass is 766 g/mol. The van der Waals surface area contributed by atoms with E-state index < -0.39 is 68.0 Å². The normalized spacial score (nSPS) is 59.4. The SMILES string of the molecule is CC1(C)[C@@H](O[C@@H]2OC[C@H](O[C@@H]3O[C@H](CO)[C@@H](O)[C@H](O)[C@H]3O)[C@H](O)[C@H]2O)CC[C@]2(C)[C@H]3CC[C@]45OC[C@@]6(CC[C@](C)(C=O)C[C@H]64)[C@H](O)C[C@@]5(C)[C@]3(C)CC[C@@H]12. The fourth-order valence-corrected chi connectivity index (χ4v) is 14.7. The van der Waals surface area contributed by atoms with Gasteiger partial charge >= 0.3 is 0 Å². The van der Waals surface area contributed by atoms with Crippen LogP contribution >= 0.6 is 0 Å². The summed E-state index contributed by atoms with van der Waals surface area (Å²) >= 11 is 0. The molecule has 0 unspecified atom stereocenters. The molecule has 1 spiro atoms. The van der Waals surface area contributed by atoms with Crippen LogP contribution in [0.15, 0.2) is 0 Å². The van der Waals surface area contributed by atoms with Gasteiger partial charge in [0.1, 0.15) is 49.0 Å². The van der Waals surface area contributed by atoms with Crippen LogP contribution in [-0.4, -0.2) is 135 Å². The third kappa shape index (κ3) is 5.22. The van der Waals surface area contributed by atoms with Gasteiger partial charge in [0.25, 0.3) is 0 Å². The number of rotatable bonds is 6. The Kier molecular flexibility index (Phi) is 9.70. The Hall–Kier alpha value is -0.810. The Labute approximate surface area is 319 Å². The average Bonchev–Trinajstić information content (AvgIpc) is 3.41. The van der Waals surface area contributed by atoms with Crippen molar-refractivity contribution in [3.05, 3.63) is 0 Å². The van der Waals surface area contributed by atoms with Gasteiger partial charge in [0.2, 0.25) is 0 Å². The van der Waals surface area contributed by atoms with E-state index >= 15 is 0 Å². The number of aliphatic hydroxyl groups is 7. The molecule has 54 heavy (non-hydrogen) atoms. The van der Waals surface area contributed by atoms with E-state index in [1.807, 2.05) is 0 Å². The van der Waals surface area contributed by atoms with Gasteiger partial charge in [-0.1, -0.05) is 41.5 Å². The van der Waals surface area contributed by atoms with Crippen LogP contribution in [-0.2, 0) is 28.5 Å². The number of fused-ring (bicyclic) bond motifs is 4. The van der Waals surface area contributed by atoms with Gasteiger partial charge in [-0.25, -0.2) is 0 Å². The lowest BCUT2D eigenvalue weighted by Crippen LogP contribution is -2.74. The zero-order chi connectivity index (χ0) is 39.0. The second-order valence-corrected chi connectivity index (χ2v) is 20.6. The van der Waals surface area contributed by atoms with Gasteiger partial charge in [0, 0.05) is 16.2 Å². The van der Waals surface area contributed by atoms with Crippen LogP contribution in [0.1, 0.15) is 106 Å². The number of hydrogen-bond acceptors (Lipinski definition) is 13. The Morgan fingerprint density at radius 2 is 1.43 bits per heavy atom. The largest absolute Gasteiger partial charge is 0.394 e. The van der Waals surface area contributed by atoms with Crippen molar-refractivity contribution in [2.75, 3.05) is 19.8 Å². The minimum atomic E-state index is -1.65. The summed E-state index contributed by atoms with van der Waals surface area (Å²) in [7, 11) is 0. The fourth-order valence-electron chi connectivity index (χ4n) is 14.7. The molecule has 13 nitrogen and oxygen atoms in total. The molecule has 7 N–H and O–H groups in total. The zero-order valence-electron chi connectivity index (χ0n) is 32.9. The molecule has 0 aromatic heterocycles. The molecular weight excluding hydrogens is 700 g/mol. The van der Waals surface area contributed by atoms with Crippen molar-refractivity contribution in [3.8, 4) is 0 Å². The topological polar surface area (TPSA) is 205 Å². The molecule has 20 atom stereocenters. The Balaban J connectivity index is 0.976. The van der Waals surface area contributed by atoms with E-state index in [2.05, 4.69) is 41.5 Å².